The number of Topliss-reactive ketones (excluding diaryl/α,β-unsaturated/α-hetero) is 1. The van der Waals surface area contributed by atoms with Gasteiger partial charge in [-0.1, -0.05) is 82.1 Å². The number of likely N-dealkylation sites (N-methyl/N-ethyl adjacent to an activating group) is 1. The summed E-state index contributed by atoms with van der Waals surface area (Å²) in [5, 5.41) is 12.0. The molecule has 1 aromatic heterocycles. The molecular formula is C40H54N4O8. The van der Waals surface area contributed by atoms with Crippen molar-refractivity contribution < 1.29 is 38.3 Å². The molecule has 0 radical (unpaired) electrons. The molecule has 52 heavy (non-hydrogen) atoms. The molecule has 4 rings (SSSR count). The number of hydrogen-bond acceptors (Lipinski definition) is 9. The molecule has 2 heterocycles. The molecule has 0 spiro atoms. The highest BCUT2D eigenvalue weighted by Crippen LogP contribution is 2.28. The summed E-state index contributed by atoms with van der Waals surface area (Å²) in [6.45, 7) is 10.6. The quantitative estimate of drug-likeness (QED) is 0.0441. The van der Waals surface area contributed by atoms with Crippen LogP contribution in [-0.4, -0.2) is 84.8 Å². The number of nitrogens with one attached hydrogen (secondary N) is 2. The Labute approximate surface area is 307 Å². The molecule has 1 aliphatic heterocycles. The van der Waals surface area contributed by atoms with Gasteiger partial charge in [-0.25, -0.2) is 5.48 Å². The van der Waals surface area contributed by atoms with E-state index in [-0.39, 0.29) is 35.8 Å². The topological polar surface area (TPSA) is 158 Å². The predicted molar refractivity (Wildman–Crippen MR) is 199 cm³/mol. The number of fused-ring (bicyclic) bond motifs is 1. The van der Waals surface area contributed by atoms with Gasteiger partial charge in [0.15, 0.2) is 5.76 Å². The molecule has 0 saturated carbocycles. The first-order chi connectivity index (χ1) is 24.9. The van der Waals surface area contributed by atoms with Gasteiger partial charge >= 0.3 is 0 Å². The fraction of sp³-hybridized carbons (Fsp3) is 0.425. The summed E-state index contributed by atoms with van der Waals surface area (Å²) in [4.78, 5) is 67.7. The van der Waals surface area contributed by atoms with Gasteiger partial charge in [-0.05, 0) is 57.6 Å². The number of hydroxylamine groups is 1. The highest BCUT2D eigenvalue weighted by atomic mass is 16.5. The lowest BCUT2D eigenvalue weighted by Gasteiger charge is -2.28. The summed E-state index contributed by atoms with van der Waals surface area (Å²) < 4.78 is 11.1. The van der Waals surface area contributed by atoms with Crippen molar-refractivity contribution in [1.29, 1.82) is 0 Å². The average Bonchev–Trinajstić information content (AvgIpc) is 3.72. The summed E-state index contributed by atoms with van der Waals surface area (Å²) in [7, 11) is 3.86. The predicted octanol–water partition coefficient (Wildman–Crippen LogP) is 5.40. The number of carbonyl (C=O) groups is 5. The van der Waals surface area contributed by atoms with Gasteiger partial charge in [0, 0.05) is 13.1 Å². The van der Waals surface area contributed by atoms with Crippen molar-refractivity contribution in [1.82, 2.24) is 20.6 Å². The van der Waals surface area contributed by atoms with Gasteiger partial charge in [-0.2, -0.15) is 0 Å². The number of ketones is 1. The summed E-state index contributed by atoms with van der Waals surface area (Å²) >= 11 is 0. The van der Waals surface area contributed by atoms with E-state index in [1.807, 2.05) is 64.9 Å². The number of rotatable bonds is 16. The standard InChI is InChI=1S/C29H38N4O8.C7H8.C2H6.C2H2/c1-18(2)9-11-20(23(27(36)31-39)16-33-28(37)21-7-5-6-8-22(21)29(33)38)26(35)30-15-24(34)25-12-10-19(41-25)17-40-14-13-32(3)4;1-7-5-3-2-4-6-7;2*1-2/h5-8,10,12,18,20,23,39H,9,11,13-17H2,1-4H3,(H,30,35)(H,31,36);2-6H,1H3;1-2H3;1-2H/t20-,23?;;;/m1.../s1. The molecule has 3 N–H and O–H groups in total. The summed E-state index contributed by atoms with van der Waals surface area (Å²) in [6.07, 6.45) is 8.76. The number of hydrogen-bond donors (Lipinski definition) is 3. The number of aryl methyl sites for hydroxylation is 1. The van der Waals surface area contributed by atoms with Crippen LogP contribution in [0, 0.1) is 37.5 Å². The molecule has 1 aliphatic rings. The van der Waals surface area contributed by atoms with Crippen LogP contribution in [0.5, 0.6) is 0 Å². The van der Waals surface area contributed by atoms with Crippen LogP contribution in [0.1, 0.15) is 83.1 Å². The minimum atomic E-state index is -1.26. The molecule has 0 aliphatic carbocycles. The molecular weight excluding hydrogens is 664 g/mol. The van der Waals surface area contributed by atoms with Crippen molar-refractivity contribution >= 4 is 29.4 Å². The molecule has 12 nitrogen and oxygen atoms in total. The maximum Gasteiger partial charge on any atom is 0.261 e. The molecule has 2 atom stereocenters. The van der Waals surface area contributed by atoms with E-state index in [2.05, 4.69) is 37.2 Å². The third-order valence-electron chi connectivity index (χ3n) is 7.81. The summed E-state index contributed by atoms with van der Waals surface area (Å²) in [5.74, 6) is -4.80. The van der Waals surface area contributed by atoms with Gasteiger partial charge in [0.25, 0.3) is 11.8 Å². The van der Waals surface area contributed by atoms with Crippen LogP contribution in [0.2, 0.25) is 0 Å². The van der Waals surface area contributed by atoms with Gasteiger partial charge < -0.3 is 19.4 Å². The monoisotopic (exact) mass is 718 g/mol. The Morgan fingerprint density at radius 3 is 1.94 bits per heavy atom. The first-order valence-electron chi connectivity index (χ1n) is 17.3. The lowest BCUT2D eigenvalue weighted by atomic mass is 9.84. The van der Waals surface area contributed by atoms with Crippen LogP contribution >= 0.6 is 0 Å². The van der Waals surface area contributed by atoms with Crippen LogP contribution < -0.4 is 10.8 Å². The highest BCUT2D eigenvalue weighted by Gasteiger charge is 2.42. The van der Waals surface area contributed by atoms with Gasteiger partial charge in [0.2, 0.25) is 17.6 Å². The normalized spacial score (nSPS) is 12.7. The third kappa shape index (κ3) is 14.3. The van der Waals surface area contributed by atoms with Crippen LogP contribution in [0.25, 0.3) is 0 Å². The number of terminal acetylenes is 1. The highest BCUT2D eigenvalue weighted by molar-refractivity contribution is 6.21. The van der Waals surface area contributed by atoms with E-state index >= 15 is 0 Å². The fourth-order valence-corrected chi connectivity index (χ4v) is 5.05. The zero-order valence-corrected chi connectivity index (χ0v) is 31.4. The third-order valence-corrected chi connectivity index (χ3v) is 7.81. The molecule has 2 aromatic carbocycles. The number of furan rings is 1. The van der Waals surface area contributed by atoms with Gasteiger partial charge in [-0.15, -0.1) is 12.8 Å². The Hall–Kier alpha value is -5.09. The van der Waals surface area contributed by atoms with Crippen LogP contribution in [0.3, 0.4) is 0 Å². The van der Waals surface area contributed by atoms with Crippen molar-refractivity contribution in [3.05, 3.63) is 94.9 Å². The number of benzene rings is 2. The van der Waals surface area contributed by atoms with E-state index in [1.165, 1.54) is 23.8 Å². The molecule has 12 heteroatoms. The van der Waals surface area contributed by atoms with Crippen LogP contribution in [-0.2, 0) is 20.9 Å². The van der Waals surface area contributed by atoms with E-state index < -0.39 is 54.3 Å². The Bertz CT molecular complexity index is 1550. The number of nitrogens with zero attached hydrogens (tertiary/aromatic N) is 2. The SMILES string of the molecule is C#C.CC.CC(C)CC[C@@H](C(=O)NCC(=O)c1ccc(COCCN(C)C)o1)C(CN1C(=O)c2ccccc2C1=O)C(=O)NO.Cc1ccccc1. The van der Waals surface area contributed by atoms with Crippen LogP contribution in [0.15, 0.2) is 71.1 Å². The minimum Gasteiger partial charge on any atom is -0.455 e. The smallest absolute Gasteiger partial charge is 0.261 e. The fourth-order valence-electron chi connectivity index (χ4n) is 5.05. The Balaban J connectivity index is 0.00000107. The minimum absolute atomic E-state index is 0.0471. The van der Waals surface area contributed by atoms with Gasteiger partial charge in [0.05, 0.1) is 36.1 Å². The number of imide groups is 1. The molecule has 3 aromatic rings. The van der Waals surface area contributed by atoms with Crippen molar-refractivity contribution in [3.63, 3.8) is 0 Å². The van der Waals surface area contributed by atoms with Crippen molar-refractivity contribution in [2.24, 2.45) is 17.8 Å². The van der Waals surface area contributed by atoms with Crippen molar-refractivity contribution in [2.75, 3.05) is 40.3 Å². The maximum absolute atomic E-state index is 13.4. The number of carbonyl (C=O) groups excluding carboxylic acids is 5. The Morgan fingerprint density at radius 2 is 1.44 bits per heavy atom. The largest absolute Gasteiger partial charge is 0.455 e. The number of ether oxygens (including phenoxy) is 1. The van der Waals surface area contributed by atoms with Crippen molar-refractivity contribution in [2.45, 2.75) is 54.1 Å². The molecule has 0 bridgehead atoms. The lowest BCUT2D eigenvalue weighted by molar-refractivity contribution is -0.140. The Kier molecular flexibility index (Phi) is 20.9. The van der Waals surface area contributed by atoms with Gasteiger partial charge in [0.1, 0.15) is 12.4 Å². The van der Waals surface area contributed by atoms with E-state index in [0.717, 1.165) is 11.4 Å². The second-order valence-corrected chi connectivity index (χ2v) is 12.3. The molecule has 4 amide bonds. The van der Waals surface area contributed by atoms with Crippen molar-refractivity contribution in [3.8, 4) is 12.8 Å². The zero-order chi connectivity index (χ0) is 39.2. The molecule has 1 unspecified atom stereocenters. The summed E-state index contributed by atoms with van der Waals surface area (Å²) in [6, 6.07) is 19.7. The van der Waals surface area contributed by atoms with E-state index in [4.69, 9.17) is 9.15 Å². The number of amides is 4. The first-order valence-corrected chi connectivity index (χ1v) is 17.3. The Morgan fingerprint density at radius 1 is 0.865 bits per heavy atom. The molecule has 0 saturated heterocycles. The average molecular weight is 719 g/mol. The second-order valence-electron chi connectivity index (χ2n) is 12.3. The first kappa shape index (κ1) is 44.9. The summed E-state index contributed by atoms with van der Waals surface area (Å²) in [5.41, 5.74) is 3.30. The molecule has 282 valence electrons. The lowest BCUT2D eigenvalue weighted by Crippen LogP contribution is -2.48. The van der Waals surface area contributed by atoms with Crippen LogP contribution in [0.4, 0.5) is 0 Å². The van der Waals surface area contributed by atoms with E-state index in [9.17, 15) is 29.2 Å². The maximum atomic E-state index is 13.4. The van der Waals surface area contributed by atoms with E-state index in [1.54, 1.807) is 23.7 Å². The second kappa shape index (κ2) is 24.2. The zero-order valence-electron chi connectivity index (χ0n) is 31.4. The van der Waals surface area contributed by atoms with E-state index in [0.29, 0.717) is 18.8 Å². The van der Waals surface area contributed by atoms with Gasteiger partial charge in [-0.3, -0.25) is 34.1 Å². The molecule has 0 fully saturated rings.